The van der Waals surface area contributed by atoms with E-state index in [0.29, 0.717) is 12.5 Å². The van der Waals surface area contributed by atoms with Gasteiger partial charge in [0.2, 0.25) is 0 Å². The van der Waals surface area contributed by atoms with Crippen LogP contribution in [0.2, 0.25) is 0 Å². The summed E-state index contributed by atoms with van der Waals surface area (Å²) < 4.78 is 10.6. The Bertz CT molecular complexity index is 178. The zero-order valence-electron chi connectivity index (χ0n) is 8.82. The Labute approximate surface area is 89.5 Å². The fraction of sp³-hybridized carbons (Fsp3) is 0.900. The van der Waals surface area contributed by atoms with Gasteiger partial charge in [0.15, 0.2) is 0 Å². The molecule has 82 valence electrons. The largest absolute Gasteiger partial charge is 0.465 e. The van der Waals surface area contributed by atoms with Crippen molar-refractivity contribution in [2.24, 2.45) is 5.92 Å². The molecule has 2 atom stereocenters. The molecule has 0 aromatic rings. The molecule has 1 rings (SSSR count). The third kappa shape index (κ3) is 3.50. The molecule has 0 aromatic heterocycles. The maximum Gasteiger partial charge on any atom is 0.311 e. The Morgan fingerprint density at radius 3 is 3.07 bits per heavy atom. The first-order valence-electron chi connectivity index (χ1n) is 5.11. The summed E-state index contributed by atoms with van der Waals surface area (Å²) >= 11 is 1.77. The van der Waals surface area contributed by atoms with E-state index in [1.54, 1.807) is 11.8 Å². The number of esters is 1. The summed E-state index contributed by atoms with van der Waals surface area (Å²) in [6.07, 6.45) is 1.88. The van der Waals surface area contributed by atoms with Crippen LogP contribution in [0.1, 0.15) is 26.7 Å². The third-order valence-electron chi connectivity index (χ3n) is 2.29. The van der Waals surface area contributed by atoms with Crippen LogP contribution in [0.3, 0.4) is 0 Å². The Morgan fingerprint density at radius 2 is 2.50 bits per heavy atom. The van der Waals surface area contributed by atoms with Gasteiger partial charge in [-0.2, -0.15) is 0 Å². The van der Waals surface area contributed by atoms with E-state index < -0.39 is 0 Å². The highest BCUT2D eigenvalue weighted by Crippen LogP contribution is 2.22. The normalized spacial score (nSPS) is 24.3. The molecule has 1 saturated heterocycles. The Morgan fingerprint density at radius 1 is 1.71 bits per heavy atom. The predicted molar refractivity (Wildman–Crippen MR) is 57.2 cm³/mol. The molecule has 0 N–H and O–H groups in total. The number of rotatable bonds is 4. The first kappa shape index (κ1) is 11.9. The number of hydrogen-bond donors (Lipinski definition) is 0. The van der Waals surface area contributed by atoms with Crippen LogP contribution in [-0.2, 0) is 14.3 Å². The number of hydrogen-bond acceptors (Lipinski definition) is 4. The van der Waals surface area contributed by atoms with E-state index in [0.717, 1.165) is 18.6 Å². The molecule has 1 fully saturated rings. The summed E-state index contributed by atoms with van der Waals surface area (Å²) in [4.78, 5) is 11.5. The smallest absolute Gasteiger partial charge is 0.311 e. The average molecular weight is 218 g/mol. The number of carbonyl (C=O) groups is 1. The van der Waals surface area contributed by atoms with Crippen molar-refractivity contribution in [3.63, 3.8) is 0 Å². The molecule has 0 spiro atoms. The maximum atomic E-state index is 11.5. The quantitative estimate of drug-likeness (QED) is 0.677. The Kier molecular flexibility index (Phi) is 5.33. The van der Waals surface area contributed by atoms with Gasteiger partial charge in [0.05, 0.1) is 24.6 Å². The first-order valence-corrected chi connectivity index (χ1v) is 6.27. The van der Waals surface area contributed by atoms with Crippen LogP contribution in [0.15, 0.2) is 0 Å². The molecular formula is C10H18O3S. The van der Waals surface area contributed by atoms with Crippen LogP contribution < -0.4 is 0 Å². The Balaban J connectivity index is 2.30. The zero-order chi connectivity index (χ0) is 10.4. The molecule has 1 aliphatic heterocycles. The lowest BCUT2D eigenvalue weighted by molar-refractivity contribution is -0.153. The number of ether oxygens (including phenoxy) is 2. The van der Waals surface area contributed by atoms with Gasteiger partial charge in [-0.25, -0.2) is 0 Å². The summed E-state index contributed by atoms with van der Waals surface area (Å²) in [6.45, 7) is 4.40. The highest BCUT2D eigenvalue weighted by molar-refractivity contribution is 7.99. The molecular weight excluding hydrogens is 200 g/mol. The van der Waals surface area contributed by atoms with E-state index in [1.165, 1.54) is 0 Å². The van der Waals surface area contributed by atoms with Crippen LogP contribution in [0.4, 0.5) is 0 Å². The van der Waals surface area contributed by atoms with Gasteiger partial charge in [-0.3, -0.25) is 4.79 Å². The van der Waals surface area contributed by atoms with Crippen LogP contribution in [-0.4, -0.2) is 30.4 Å². The van der Waals surface area contributed by atoms with E-state index in [1.807, 2.05) is 13.8 Å². The van der Waals surface area contributed by atoms with Crippen molar-refractivity contribution in [1.82, 2.24) is 0 Å². The second-order valence-electron chi connectivity index (χ2n) is 3.48. The summed E-state index contributed by atoms with van der Waals surface area (Å²) in [7, 11) is 0. The van der Waals surface area contributed by atoms with Gasteiger partial charge in [-0.15, -0.1) is 11.8 Å². The van der Waals surface area contributed by atoms with Crippen LogP contribution >= 0.6 is 11.8 Å². The van der Waals surface area contributed by atoms with Gasteiger partial charge in [0.1, 0.15) is 0 Å². The topological polar surface area (TPSA) is 35.5 Å². The molecule has 14 heavy (non-hydrogen) atoms. The van der Waals surface area contributed by atoms with Crippen molar-refractivity contribution in [2.45, 2.75) is 32.8 Å². The minimum absolute atomic E-state index is 0.0561. The van der Waals surface area contributed by atoms with E-state index in [-0.39, 0.29) is 18.0 Å². The van der Waals surface area contributed by atoms with Crippen molar-refractivity contribution < 1.29 is 14.3 Å². The fourth-order valence-corrected chi connectivity index (χ4v) is 2.15. The molecule has 4 heteroatoms. The molecule has 0 amide bonds. The van der Waals surface area contributed by atoms with Gasteiger partial charge in [-0.1, -0.05) is 6.92 Å². The van der Waals surface area contributed by atoms with E-state index >= 15 is 0 Å². The lowest BCUT2D eigenvalue weighted by Gasteiger charge is -2.26. The summed E-state index contributed by atoms with van der Waals surface area (Å²) in [6, 6.07) is 0. The SMILES string of the molecule is CCCOC(=O)C(C)C1CCSCO1. The van der Waals surface area contributed by atoms with Crippen molar-refractivity contribution >= 4 is 17.7 Å². The van der Waals surface area contributed by atoms with Gasteiger partial charge in [-0.05, 0) is 25.5 Å². The summed E-state index contributed by atoms with van der Waals surface area (Å²) in [5.41, 5.74) is 0. The minimum atomic E-state index is -0.123. The number of carbonyl (C=O) groups excluding carboxylic acids is 1. The monoisotopic (exact) mass is 218 g/mol. The lowest BCUT2D eigenvalue weighted by atomic mass is 10.0. The average Bonchev–Trinajstić information content (AvgIpc) is 2.26. The Hall–Kier alpha value is -0.220. The van der Waals surface area contributed by atoms with Crippen molar-refractivity contribution in [2.75, 3.05) is 18.3 Å². The fourth-order valence-electron chi connectivity index (χ4n) is 1.36. The molecule has 0 saturated carbocycles. The predicted octanol–water partition coefficient (Wildman–Crippen LogP) is 2.06. The third-order valence-corrected chi connectivity index (χ3v) is 3.12. The van der Waals surface area contributed by atoms with Crippen molar-refractivity contribution in [1.29, 1.82) is 0 Å². The minimum Gasteiger partial charge on any atom is -0.465 e. The highest BCUT2D eigenvalue weighted by Gasteiger charge is 2.27. The highest BCUT2D eigenvalue weighted by atomic mass is 32.2. The van der Waals surface area contributed by atoms with Crippen molar-refractivity contribution in [3.05, 3.63) is 0 Å². The molecule has 2 unspecified atom stereocenters. The van der Waals surface area contributed by atoms with Gasteiger partial charge < -0.3 is 9.47 Å². The molecule has 1 heterocycles. The molecule has 1 aliphatic rings. The maximum absolute atomic E-state index is 11.5. The van der Waals surface area contributed by atoms with Crippen molar-refractivity contribution in [3.8, 4) is 0 Å². The van der Waals surface area contributed by atoms with Gasteiger partial charge in [0, 0.05) is 0 Å². The molecule has 0 radical (unpaired) electrons. The second kappa shape index (κ2) is 6.30. The van der Waals surface area contributed by atoms with E-state index in [4.69, 9.17) is 9.47 Å². The first-order chi connectivity index (χ1) is 6.75. The van der Waals surface area contributed by atoms with Gasteiger partial charge >= 0.3 is 5.97 Å². The number of thioether (sulfide) groups is 1. The molecule has 0 aliphatic carbocycles. The van der Waals surface area contributed by atoms with Crippen LogP contribution in [0.25, 0.3) is 0 Å². The van der Waals surface area contributed by atoms with Gasteiger partial charge in [0.25, 0.3) is 0 Å². The zero-order valence-corrected chi connectivity index (χ0v) is 9.64. The summed E-state index contributed by atoms with van der Waals surface area (Å²) in [5, 5.41) is 0. The van der Waals surface area contributed by atoms with E-state index in [9.17, 15) is 4.79 Å². The summed E-state index contributed by atoms with van der Waals surface area (Å²) in [5.74, 6) is 1.54. The molecule has 0 aromatic carbocycles. The van der Waals surface area contributed by atoms with E-state index in [2.05, 4.69) is 0 Å². The van der Waals surface area contributed by atoms with Crippen LogP contribution in [0, 0.1) is 5.92 Å². The lowest BCUT2D eigenvalue weighted by Crippen LogP contribution is -2.32. The standard InChI is InChI=1S/C10H18O3S/c1-3-5-12-10(11)8(2)9-4-6-14-7-13-9/h8-9H,3-7H2,1-2H3. The molecule has 3 nitrogen and oxygen atoms in total. The molecule has 0 bridgehead atoms. The van der Waals surface area contributed by atoms with Crippen LogP contribution in [0.5, 0.6) is 0 Å². The second-order valence-corrected chi connectivity index (χ2v) is 4.53.